The molecule has 1 aromatic rings. The molecule has 0 spiro atoms. The number of pyridine rings is 1. The number of amides is 1. The number of carbonyl (C=O) groups is 1. The monoisotopic (exact) mass is 306 g/mol. The lowest BCUT2D eigenvalue weighted by Crippen LogP contribution is -2.50. The van der Waals surface area contributed by atoms with Gasteiger partial charge < -0.3 is 10.1 Å². The number of hydrogen-bond acceptors (Lipinski definition) is 3. The molecule has 4 nitrogen and oxygen atoms in total. The van der Waals surface area contributed by atoms with Crippen molar-refractivity contribution in [2.75, 3.05) is 6.61 Å². The summed E-state index contributed by atoms with van der Waals surface area (Å²) in [4.78, 5) is 15.9. The van der Waals surface area contributed by atoms with Crippen molar-refractivity contribution in [1.82, 2.24) is 10.3 Å². The highest BCUT2D eigenvalue weighted by molar-refractivity contribution is 5.73. The molecule has 0 fully saturated rings. The maximum absolute atomic E-state index is 11.5. The van der Waals surface area contributed by atoms with Gasteiger partial charge in [-0.15, -0.1) is 0 Å². The molecule has 1 atom stereocenters. The summed E-state index contributed by atoms with van der Waals surface area (Å²) in [5.74, 6) is 1.16. The van der Waals surface area contributed by atoms with Crippen LogP contribution in [0.1, 0.15) is 58.7 Å². The molecule has 0 aromatic carbocycles. The predicted octanol–water partition coefficient (Wildman–Crippen LogP) is 3.66. The minimum atomic E-state index is -0.288. The predicted molar refractivity (Wildman–Crippen MR) is 90.1 cm³/mol. The van der Waals surface area contributed by atoms with E-state index in [4.69, 9.17) is 4.74 Å². The number of nitrogens with one attached hydrogen (secondary N) is 1. The van der Waals surface area contributed by atoms with Gasteiger partial charge in [0.05, 0.1) is 12.3 Å². The SMILES string of the molecule is CCCCOc1cc(CC(C)(NC(C)=O)C(C)C)cnc1C. The van der Waals surface area contributed by atoms with E-state index < -0.39 is 0 Å². The highest BCUT2D eigenvalue weighted by Gasteiger charge is 2.29. The first kappa shape index (κ1) is 18.5. The van der Waals surface area contributed by atoms with Crippen LogP contribution in [-0.4, -0.2) is 23.0 Å². The van der Waals surface area contributed by atoms with Crippen molar-refractivity contribution in [3.63, 3.8) is 0 Å². The first-order chi connectivity index (χ1) is 10.3. The van der Waals surface area contributed by atoms with Gasteiger partial charge in [-0.2, -0.15) is 0 Å². The van der Waals surface area contributed by atoms with Crippen LogP contribution >= 0.6 is 0 Å². The molecule has 0 aliphatic heterocycles. The van der Waals surface area contributed by atoms with Crippen molar-refractivity contribution in [2.24, 2.45) is 5.92 Å². The molecule has 124 valence electrons. The van der Waals surface area contributed by atoms with Crippen LogP contribution in [0.5, 0.6) is 5.75 Å². The van der Waals surface area contributed by atoms with E-state index in [2.05, 4.69) is 44.1 Å². The molecule has 0 aliphatic rings. The van der Waals surface area contributed by atoms with E-state index in [0.29, 0.717) is 5.92 Å². The Kier molecular flexibility index (Phi) is 6.85. The second-order valence-electron chi connectivity index (χ2n) is 6.56. The molecule has 22 heavy (non-hydrogen) atoms. The Bertz CT molecular complexity index is 500. The van der Waals surface area contributed by atoms with Crippen molar-refractivity contribution < 1.29 is 9.53 Å². The fraction of sp³-hybridized carbons (Fsp3) is 0.667. The summed E-state index contributed by atoms with van der Waals surface area (Å²) in [6, 6.07) is 2.06. The van der Waals surface area contributed by atoms with Crippen LogP contribution in [0.25, 0.3) is 0 Å². The van der Waals surface area contributed by atoms with Gasteiger partial charge in [0.2, 0.25) is 5.91 Å². The lowest BCUT2D eigenvalue weighted by Gasteiger charge is -2.34. The zero-order valence-corrected chi connectivity index (χ0v) is 14.8. The summed E-state index contributed by atoms with van der Waals surface area (Å²) < 4.78 is 5.82. The van der Waals surface area contributed by atoms with Gasteiger partial charge >= 0.3 is 0 Å². The summed E-state index contributed by atoms with van der Waals surface area (Å²) in [7, 11) is 0. The molecule has 1 N–H and O–H groups in total. The first-order valence-electron chi connectivity index (χ1n) is 8.15. The van der Waals surface area contributed by atoms with Crippen LogP contribution < -0.4 is 10.1 Å². The average molecular weight is 306 g/mol. The lowest BCUT2D eigenvalue weighted by atomic mass is 9.82. The van der Waals surface area contributed by atoms with Gasteiger partial charge in [-0.25, -0.2) is 0 Å². The van der Waals surface area contributed by atoms with Crippen molar-refractivity contribution in [1.29, 1.82) is 0 Å². The Balaban J connectivity index is 2.91. The summed E-state index contributed by atoms with van der Waals surface area (Å²) in [6.45, 7) is 12.7. The smallest absolute Gasteiger partial charge is 0.217 e. The van der Waals surface area contributed by atoms with E-state index in [1.54, 1.807) is 6.92 Å². The molecule has 1 heterocycles. The van der Waals surface area contributed by atoms with E-state index in [9.17, 15) is 4.79 Å². The topological polar surface area (TPSA) is 51.2 Å². The molecule has 1 amide bonds. The molecule has 1 rings (SSSR count). The number of aryl methyl sites for hydroxylation is 1. The highest BCUT2D eigenvalue weighted by atomic mass is 16.5. The zero-order chi connectivity index (χ0) is 16.8. The van der Waals surface area contributed by atoms with E-state index in [1.807, 2.05) is 13.1 Å². The number of ether oxygens (including phenoxy) is 1. The van der Waals surface area contributed by atoms with Crippen LogP contribution in [0.4, 0.5) is 0 Å². The van der Waals surface area contributed by atoms with Crippen LogP contribution in [0.15, 0.2) is 12.3 Å². The van der Waals surface area contributed by atoms with Gasteiger partial charge in [-0.3, -0.25) is 9.78 Å². The van der Waals surface area contributed by atoms with E-state index >= 15 is 0 Å². The molecule has 0 saturated carbocycles. The Morgan fingerprint density at radius 1 is 1.45 bits per heavy atom. The maximum atomic E-state index is 11.5. The van der Waals surface area contributed by atoms with E-state index in [-0.39, 0.29) is 11.4 Å². The van der Waals surface area contributed by atoms with Gasteiger partial charge in [-0.1, -0.05) is 27.2 Å². The third-order valence-electron chi connectivity index (χ3n) is 4.16. The van der Waals surface area contributed by atoms with Crippen molar-refractivity contribution >= 4 is 5.91 Å². The highest BCUT2D eigenvalue weighted by Crippen LogP contribution is 2.25. The molecule has 0 radical (unpaired) electrons. The van der Waals surface area contributed by atoms with Crippen LogP contribution in [0.2, 0.25) is 0 Å². The first-order valence-corrected chi connectivity index (χ1v) is 8.15. The Hall–Kier alpha value is -1.58. The maximum Gasteiger partial charge on any atom is 0.217 e. The fourth-order valence-corrected chi connectivity index (χ4v) is 2.34. The van der Waals surface area contributed by atoms with Gasteiger partial charge in [-0.05, 0) is 44.2 Å². The molecule has 0 aliphatic carbocycles. The van der Waals surface area contributed by atoms with Crippen molar-refractivity contribution in [3.8, 4) is 5.75 Å². The van der Waals surface area contributed by atoms with Gasteiger partial charge in [0.1, 0.15) is 5.75 Å². The largest absolute Gasteiger partial charge is 0.492 e. The normalized spacial score (nSPS) is 13.8. The fourth-order valence-electron chi connectivity index (χ4n) is 2.34. The number of hydrogen-bond donors (Lipinski definition) is 1. The van der Waals surface area contributed by atoms with Crippen molar-refractivity contribution in [3.05, 3.63) is 23.5 Å². The molecule has 0 bridgehead atoms. The molecular weight excluding hydrogens is 276 g/mol. The molecule has 0 saturated heterocycles. The van der Waals surface area contributed by atoms with Crippen LogP contribution in [0, 0.1) is 12.8 Å². The second kappa shape index (κ2) is 8.16. The number of unbranched alkanes of at least 4 members (excludes halogenated alkanes) is 1. The molecule has 1 aromatic heterocycles. The second-order valence-corrected chi connectivity index (χ2v) is 6.56. The standard InChI is InChI=1S/C18H30N2O2/c1-7-8-9-22-17-10-16(12-19-14(17)4)11-18(6,13(2)3)20-15(5)21/h10,12-13H,7-9,11H2,1-6H3,(H,20,21). The zero-order valence-electron chi connectivity index (χ0n) is 14.8. The Labute approximate surface area is 134 Å². The Morgan fingerprint density at radius 2 is 2.14 bits per heavy atom. The summed E-state index contributed by atoms with van der Waals surface area (Å²) in [6.07, 6.45) is 4.77. The van der Waals surface area contributed by atoms with Gasteiger partial charge in [0, 0.05) is 18.7 Å². The van der Waals surface area contributed by atoms with Gasteiger partial charge in [0.15, 0.2) is 0 Å². The van der Waals surface area contributed by atoms with E-state index in [0.717, 1.165) is 42.9 Å². The molecule has 1 unspecified atom stereocenters. The third kappa shape index (κ3) is 5.32. The minimum absolute atomic E-state index is 0.00399. The Morgan fingerprint density at radius 3 is 2.68 bits per heavy atom. The average Bonchev–Trinajstić information content (AvgIpc) is 2.41. The van der Waals surface area contributed by atoms with Crippen LogP contribution in [0.3, 0.4) is 0 Å². The number of rotatable bonds is 8. The van der Waals surface area contributed by atoms with Gasteiger partial charge in [0.25, 0.3) is 0 Å². The summed E-state index contributed by atoms with van der Waals surface area (Å²) >= 11 is 0. The van der Waals surface area contributed by atoms with Crippen molar-refractivity contribution in [2.45, 2.75) is 66.3 Å². The van der Waals surface area contributed by atoms with Crippen LogP contribution in [-0.2, 0) is 11.2 Å². The van der Waals surface area contributed by atoms with E-state index in [1.165, 1.54) is 0 Å². The number of aromatic nitrogens is 1. The number of carbonyl (C=O) groups excluding carboxylic acids is 1. The lowest BCUT2D eigenvalue weighted by molar-refractivity contribution is -0.121. The molecule has 4 heteroatoms. The molecular formula is C18H30N2O2. The number of nitrogens with zero attached hydrogens (tertiary/aromatic N) is 1. The summed E-state index contributed by atoms with van der Waals surface area (Å²) in [5, 5.41) is 3.08. The quantitative estimate of drug-likeness (QED) is 0.746. The minimum Gasteiger partial charge on any atom is -0.492 e. The summed E-state index contributed by atoms with van der Waals surface area (Å²) in [5.41, 5.74) is 1.70. The third-order valence-corrected chi connectivity index (χ3v) is 4.16.